The predicted octanol–water partition coefficient (Wildman–Crippen LogP) is 1.71. The average molecular weight is 263 g/mol. The highest BCUT2D eigenvalue weighted by atomic mass is 16.5. The Hall–Kier alpha value is -1.92. The molecule has 0 spiro atoms. The predicted molar refractivity (Wildman–Crippen MR) is 69.7 cm³/mol. The molecule has 1 aromatic carbocycles. The first-order chi connectivity index (χ1) is 9.06. The van der Waals surface area contributed by atoms with Gasteiger partial charge in [-0.2, -0.15) is 4.98 Å². The summed E-state index contributed by atoms with van der Waals surface area (Å²) in [5.74, 6) is 1.09. The van der Waals surface area contributed by atoms with Gasteiger partial charge in [0.2, 0.25) is 5.82 Å². The van der Waals surface area contributed by atoms with E-state index in [0.717, 1.165) is 16.7 Å². The first-order valence-corrected chi connectivity index (χ1v) is 5.93. The molecule has 0 fully saturated rings. The molecule has 0 bridgehead atoms. The van der Waals surface area contributed by atoms with E-state index in [1.165, 1.54) is 7.11 Å². The Morgan fingerprint density at radius 3 is 2.53 bits per heavy atom. The van der Waals surface area contributed by atoms with Gasteiger partial charge in [0, 0.05) is 19.2 Å². The van der Waals surface area contributed by atoms with E-state index in [1.54, 1.807) is 12.1 Å². The lowest BCUT2D eigenvalue weighted by Gasteiger charge is -2.06. The molecule has 6 nitrogen and oxygen atoms in total. The van der Waals surface area contributed by atoms with E-state index in [9.17, 15) is 5.11 Å². The molecule has 2 aromatic rings. The van der Waals surface area contributed by atoms with E-state index in [-0.39, 0.29) is 12.3 Å². The number of aromatic nitrogens is 2. The topological polar surface area (TPSA) is 94.4 Å². The zero-order chi connectivity index (χ0) is 14.0. The Labute approximate surface area is 111 Å². The van der Waals surface area contributed by atoms with Gasteiger partial charge in [-0.15, -0.1) is 0 Å². The van der Waals surface area contributed by atoms with Crippen LogP contribution in [0.3, 0.4) is 0 Å². The largest absolute Gasteiger partial charge is 0.507 e. The summed E-state index contributed by atoms with van der Waals surface area (Å²) in [4.78, 5) is 4.27. The van der Waals surface area contributed by atoms with Gasteiger partial charge >= 0.3 is 0 Å². The maximum Gasteiger partial charge on any atom is 0.257 e. The fourth-order valence-electron chi connectivity index (χ4n) is 1.87. The van der Waals surface area contributed by atoms with Crippen LogP contribution in [-0.4, -0.2) is 28.9 Å². The van der Waals surface area contributed by atoms with E-state index in [2.05, 4.69) is 10.1 Å². The first kappa shape index (κ1) is 13.5. The lowest BCUT2D eigenvalue weighted by molar-refractivity contribution is 0.0804. The summed E-state index contributed by atoms with van der Waals surface area (Å²) in [5, 5.41) is 13.7. The zero-order valence-electron chi connectivity index (χ0n) is 11.2. The lowest BCUT2D eigenvalue weighted by Crippen LogP contribution is -2.14. The van der Waals surface area contributed by atoms with Crippen molar-refractivity contribution >= 4 is 0 Å². The lowest BCUT2D eigenvalue weighted by atomic mass is 10.1. The van der Waals surface area contributed by atoms with E-state index < -0.39 is 6.10 Å². The molecule has 0 aliphatic carbocycles. The van der Waals surface area contributed by atoms with Gasteiger partial charge < -0.3 is 20.1 Å². The maximum absolute atomic E-state index is 9.75. The molecule has 1 atom stereocenters. The molecular formula is C13H17N3O3. The van der Waals surface area contributed by atoms with Crippen LogP contribution in [-0.2, 0) is 4.74 Å². The van der Waals surface area contributed by atoms with Crippen molar-refractivity contribution in [3.8, 4) is 17.1 Å². The summed E-state index contributed by atoms with van der Waals surface area (Å²) in [5.41, 5.74) is 7.87. The van der Waals surface area contributed by atoms with Gasteiger partial charge in [0.1, 0.15) is 11.9 Å². The normalized spacial score (nSPS) is 12.6. The second kappa shape index (κ2) is 5.38. The van der Waals surface area contributed by atoms with Crippen LogP contribution in [0.4, 0.5) is 0 Å². The van der Waals surface area contributed by atoms with Crippen LogP contribution in [0.1, 0.15) is 23.1 Å². The van der Waals surface area contributed by atoms with Crippen molar-refractivity contribution in [1.82, 2.24) is 10.1 Å². The van der Waals surface area contributed by atoms with Gasteiger partial charge in [-0.1, -0.05) is 5.16 Å². The number of benzene rings is 1. The van der Waals surface area contributed by atoms with Gasteiger partial charge in [0.05, 0.1) is 0 Å². The molecule has 1 heterocycles. The van der Waals surface area contributed by atoms with Crippen LogP contribution < -0.4 is 5.73 Å². The number of rotatable bonds is 4. The standard InChI is InChI=1S/C13H17N3O3/c1-7-4-9(5-8(2)11(7)17)12-15-13(19-16-12)10(6-14)18-3/h4-5,10,17H,6,14H2,1-3H3. The molecule has 1 aromatic heterocycles. The number of hydrogen-bond donors (Lipinski definition) is 2. The molecule has 1 unspecified atom stereocenters. The molecule has 19 heavy (non-hydrogen) atoms. The van der Waals surface area contributed by atoms with Crippen LogP contribution >= 0.6 is 0 Å². The van der Waals surface area contributed by atoms with Crippen molar-refractivity contribution in [3.05, 3.63) is 29.2 Å². The van der Waals surface area contributed by atoms with E-state index >= 15 is 0 Å². The Bertz CT molecular complexity index is 553. The van der Waals surface area contributed by atoms with Crippen LogP contribution in [0.2, 0.25) is 0 Å². The first-order valence-electron chi connectivity index (χ1n) is 5.93. The van der Waals surface area contributed by atoms with Crippen LogP contribution in [0.15, 0.2) is 16.7 Å². The highest BCUT2D eigenvalue weighted by Crippen LogP contribution is 2.28. The number of phenolic OH excluding ortho intramolecular Hbond substituents is 1. The number of aromatic hydroxyl groups is 1. The summed E-state index contributed by atoms with van der Waals surface area (Å²) < 4.78 is 10.3. The monoisotopic (exact) mass is 263 g/mol. The summed E-state index contributed by atoms with van der Waals surface area (Å²) >= 11 is 0. The zero-order valence-corrected chi connectivity index (χ0v) is 11.2. The van der Waals surface area contributed by atoms with Crippen molar-refractivity contribution in [3.63, 3.8) is 0 Å². The molecular weight excluding hydrogens is 246 g/mol. The van der Waals surface area contributed by atoms with Gasteiger partial charge in [-0.3, -0.25) is 0 Å². The summed E-state index contributed by atoms with van der Waals surface area (Å²) in [6.45, 7) is 3.92. The molecule has 0 amide bonds. The summed E-state index contributed by atoms with van der Waals surface area (Å²) in [7, 11) is 1.54. The quantitative estimate of drug-likeness (QED) is 0.872. The molecule has 6 heteroatoms. The molecule has 2 rings (SSSR count). The van der Waals surface area contributed by atoms with Crippen molar-refractivity contribution in [1.29, 1.82) is 0 Å². The number of ether oxygens (including phenoxy) is 1. The van der Waals surface area contributed by atoms with Gasteiger partial charge in [0.15, 0.2) is 0 Å². The second-order valence-electron chi connectivity index (χ2n) is 4.37. The van der Waals surface area contributed by atoms with Gasteiger partial charge in [-0.25, -0.2) is 0 Å². The Morgan fingerprint density at radius 1 is 1.37 bits per heavy atom. The fraction of sp³-hybridized carbons (Fsp3) is 0.385. The third-order valence-corrected chi connectivity index (χ3v) is 2.97. The molecule has 0 radical (unpaired) electrons. The number of methoxy groups -OCH3 is 1. The van der Waals surface area contributed by atoms with Crippen molar-refractivity contribution in [2.75, 3.05) is 13.7 Å². The summed E-state index contributed by atoms with van der Waals surface area (Å²) in [6, 6.07) is 3.61. The number of hydrogen-bond acceptors (Lipinski definition) is 6. The Morgan fingerprint density at radius 2 is 2.00 bits per heavy atom. The molecule has 0 saturated carbocycles. The number of phenols is 1. The minimum Gasteiger partial charge on any atom is -0.507 e. The molecule has 0 aliphatic rings. The highest BCUT2D eigenvalue weighted by molar-refractivity contribution is 5.60. The summed E-state index contributed by atoms with van der Waals surface area (Å²) in [6.07, 6.45) is -0.402. The smallest absolute Gasteiger partial charge is 0.257 e. The van der Waals surface area contributed by atoms with Crippen molar-refractivity contribution < 1.29 is 14.4 Å². The van der Waals surface area contributed by atoms with Crippen molar-refractivity contribution in [2.45, 2.75) is 20.0 Å². The molecule has 3 N–H and O–H groups in total. The maximum atomic E-state index is 9.75. The highest BCUT2D eigenvalue weighted by Gasteiger charge is 2.18. The minimum atomic E-state index is -0.402. The molecule has 0 aliphatic heterocycles. The van der Waals surface area contributed by atoms with Crippen LogP contribution in [0.25, 0.3) is 11.4 Å². The van der Waals surface area contributed by atoms with Crippen LogP contribution in [0.5, 0.6) is 5.75 Å². The Kier molecular flexibility index (Phi) is 3.82. The Balaban J connectivity index is 2.38. The minimum absolute atomic E-state index is 0.270. The number of nitrogens with zero attached hydrogens (tertiary/aromatic N) is 2. The van der Waals surface area contributed by atoms with Crippen LogP contribution in [0, 0.1) is 13.8 Å². The molecule has 102 valence electrons. The van der Waals surface area contributed by atoms with Crippen molar-refractivity contribution in [2.24, 2.45) is 5.73 Å². The van der Waals surface area contributed by atoms with E-state index in [0.29, 0.717) is 11.7 Å². The average Bonchev–Trinajstić information content (AvgIpc) is 2.86. The van der Waals surface area contributed by atoms with Gasteiger partial charge in [0.25, 0.3) is 5.89 Å². The third kappa shape index (κ3) is 2.59. The fourth-order valence-corrected chi connectivity index (χ4v) is 1.87. The third-order valence-electron chi connectivity index (χ3n) is 2.97. The van der Waals surface area contributed by atoms with E-state index in [4.69, 9.17) is 15.0 Å². The second-order valence-corrected chi connectivity index (χ2v) is 4.37. The SMILES string of the molecule is COC(CN)c1nc(-c2cc(C)c(O)c(C)c2)no1. The van der Waals surface area contributed by atoms with Gasteiger partial charge in [-0.05, 0) is 37.1 Å². The molecule has 0 saturated heterocycles. The number of aryl methyl sites for hydroxylation is 2. The number of nitrogens with two attached hydrogens (primary N) is 1. The van der Waals surface area contributed by atoms with E-state index in [1.807, 2.05) is 13.8 Å².